The molecule has 2 heterocycles. The second kappa shape index (κ2) is 12.6. The Hall–Kier alpha value is -3.28. The Morgan fingerprint density at radius 2 is 1.96 bits per heavy atom. The molecule has 6 rings (SSSR count). The molecule has 0 unspecified atom stereocenters. The SMILES string of the molecule is C[C@H]1C(=O)NS(=O)(=O)c2ccc3c(c2)N(C[C@@H]2CC[C@H]2[C@@H](O)/C=C/CN1C(=O)OC(C)(C)C)C[C@@]1(CCCc2cc(Cl)ccc21)CO3. The Morgan fingerprint density at radius 1 is 1.17 bits per heavy atom. The van der Waals surface area contributed by atoms with Crippen LogP contribution in [0.2, 0.25) is 5.02 Å². The number of nitrogens with zero attached hydrogens (tertiary/aromatic N) is 2. The fourth-order valence-corrected chi connectivity index (χ4v) is 8.66. The third-order valence-corrected chi connectivity index (χ3v) is 11.6. The van der Waals surface area contributed by atoms with Crippen LogP contribution in [0, 0.1) is 11.8 Å². The van der Waals surface area contributed by atoms with Crippen molar-refractivity contribution < 1.29 is 32.6 Å². The summed E-state index contributed by atoms with van der Waals surface area (Å²) in [4.78, 5) is 29.8. The van der Waals surface area contributed by atoms with E-state index in [9.17, 15) is 23.1 Å². The van der Waals surface area contributed by atoms with Crippen molar-refractivity contribution in [1.29, 1.82) is 0 Å². The van der Waals surface area contributed by atoms with Gasteiger partial charge in [-0.1, -0.05) is 29.8 Å². The number of nitrogens with one attached hydrogen (secondary N) is 1. The zero-order valence-electron chi connectivity index (χ0n) is 27.4. The smallest absolute Gasteiger partial charge is 0.411 e. The number of anilines is 1. The van der Waals surface area contributed by atoms with Crippen LogP contribution in [0.25, 0.3) is 0 Å². The van der Waals surface area contributed by atoms with Gasteiger partial charge in [0.05, 0.1) is 23.3 Å². The fourth-order valence-electron chi connectivity index (χ4n) is 7.40. The molecule has 2 aromatic carbocycles. The van der Waals surface area contributed by atoms with Gasteiger partial charge in [-0.25, -0.2) is 17.9 Å². The van der Waals surface area contributed by atoms with Crippen LogP contribution in [-0.4, -0.2) is 74.4 Å². The Bertz CT molecular complexity index is 1690. The van der Waals surface area contributed by atoms with E-state index in [0.29, 0.717) is 36.2 Å². The van der Waals surface area contributed by atoms with Crippen LogP contribution in [0.15, 0.2) is 53.4 Å². The molecule has 2 N–H and O–H groups in total. The van der Waals surface area contributed by atoms with E-state index in [1.54, 1.807) is 45.1 Å². The standard InChI is InChI=1S/C35H44ClN3O7S/c1-22-32(41)37-47(43,44)26-11-14-31-29(18-26)38(20-35(21-45-31)15-5-7-23-17-25(36)10-13-28(23)35)19-24-9-12-27(24)30(40)8-6-16-39(22)33(42)46-34(2,3)4/h6,8,10-11,13-14,17-18,22,24,27,30,40H,5,7,9,12,15-16,19-21H2,1-4H3,(H,37,41)/b8-6+/t22-,24-,27+,30-,35-/m0/s1. The zero-order chi connectivity index (χ0) is 33.7. The lowest BCUT2D eigenvalue weighted by Gasteiger charge is -2.45. The van der Waals surface area contributed by atoms with Crippen LogP contribution in [0.5, 0.6) is 5.75 Å². The van der Waals surface area contributed by atoms with Gasteiger partial charge in [-0.15, -0.1) is 0 Å². The summed E-state index contributed by atoms with van der Waals surface area (Å²) in [5.74, 6) is -0.201. The summed E-state index contributed by atoms with van der Waals surface area (Å²) in [6.07, 6.45) is 6.35. The number of aliphatic hydroxyl groups excluding tert-OH is 1. The van der Waals surface area contributed by atoms with Crippen molar-refractivity contribution >= 4 is 39.3 Å². The quantitative estimate of drug-likeness (QED) is 0.363. The number of halogens is 1. The lowest BCUT2D eigenvalue weighted by Crippen LogP contribution is -2.51. The van der Waals surface area contributed by atoms with Gasteiger partial charge in [-0.05, 0) is 113 Å². The summed E-state index contributed by atoms with van der Waals surface area (Å²) in [5.41, 5.74) is 1.85. The van der Waals surface area contributed by atoms with Gasteiger partial charge in [-0.2, -0.15) is 0 Å². The number of rotatable bonds is 0. The second-order valence-corrected chi connectivity index (χ2v) is 16.6. The molecule has 1 saturated carbocycles. The number of carbonyl (C=O) groups is 2. The van der Waals surface area contributed by atoms with E-state index in [2.05, 4.69) is 15.7 Å². The minimum Gasteiger partial charge on any atom is -0.490 e. The molecule has 1 spiro atoms. The first kappa shape index (κ1) is 33.6. The Kier molecular flexibility index (Phi) is 9.04. The van der Waals surface area contributed by atoms with Gasteiger partial charge in [0, 0.05) is 30.1 Å². The van der Waals surface area contributed by atoms with E-state index in [-0.39, 0.29) is 28.7 Å². The van der Waals surface area contributed by atoms with Crippen molar-refractivity contribution in [3.05, 3.63) is 64.7 Å². The number of ether oxygens (including phenoxy) is 2. The van der Waals surface area contributed by atoms with Gasteiger partial charge in [0.2, 0.25) is 0 Å². The molecular formula is C35H44ClN3O7S. The number of aliphatic hydroxyl groups is 1. The van der Waals surface area contributed by atoms with Crippen LogP contribution in [-0.2, 0) is 31.4 Å². The maximum atomic E-state index is 13.7. The Balaban J connectivity index is 1.40. The molecule has 2 amide bonds. The lowest BCUT2D eigenvalue weighted by molar-refractivity contribution is -0.123. The average Bonchev–Trinajstić information content (AvgIpc) is 3.12. The molecular weight excluding hydrogens is 642 g/mol. The van der Waals surface area contributed by atoms with E-state index >= 15 is 0 Å². The van der Waals surface area contributed by atoms with Gasteiger partial charge in [0.1, 0.15) is 17.4 Å². The topological polar surface area (TPSA) is 125 Å². The van der Waals surface area contributed by atoms with E-state index in [1.807, 2.05) is 12.1 Å². The van der Waals surface area contributed by atoms with E-state index < -0.39 is 39.8 Å². The van der Waals surface area contributed by atoms with Gasteiger partial charge in [0.25, 0.3) is 15.9 Å². The van der Waals surface area contributed by atoms with E-state index in [0.717, 1.165) is 37.0 Å². The van der Waals surface area contributed by atoms with Crippen LogP contribution < -0.4 is 14.4 Å². The summed E-state index contributed by atoms with van der Waals surface area (Å²) in [7, 11) is -4.33. The number of benzene rings is 2. The highest BCUT2D eigenvalue weighted by molar-refractivity contribution is 7.90. The number of fused-ring (bicyclic) bond motifs is 4. The summed E-state index contributed by atoms with van der Waals surface area (Å²) < 4.78 is 41.6. The number of sulfonamides is 1. The van der Waals surface area contributed by atoms with Crippen LogP contribution in [0.1, 0.15) is 64.5 Å². The van der Waals surface area contributed by atoms with Crippen molar-refractivity contribution in [3.63, 3.8) is 0 Å². The van der Waals surface area contributed by atoms with Gasteiger partial charge in [0.15, 0.2) is 0 Å². The van der Waals surface area contributed by atoms with Crippen molar-refractivity contribution in [2.45, 2.75) is 87.9 Å². The first-order valence-corrected chi connectivity index (χ1v) is 18.2. The number of carbonyl (C=O) groups excluding carboxylic acids is 2. The fraction of sp³-hybridized carbons (Fsp3) is 0.543. The molecule has 47 heavy (non-hydrogen) atoms. The molecule has 2 aliphatic carbocycles. The number of hydrogen-bond acceptors (Lipinski definition) is 8. The molecule has 2 bridgehead atoms. The maximum Gasteiger partial charge on any atom is 0.411 e. The minimum atomic E-state index is -4.33. The molecule has 1 fully saturated rings. The third kappa shape index (κ3) is 6.85. The molecule has 4 aliphatic rings. The number of hydrogen-bond donors (Lipinski definition) is 2. The van der Waals surface area contributed by atoms with Crippen LogP contribution >= 0.6 is 11.6 Å². The molecule has 0 aromatic heterocycles. The van der Waals surface area contributed by atoms with E-state index in [1.165, 1.54) is 24.1 Å². The first-order valence-electron chi connectivity index (χ1n) is 16.4. The normalized spacial score (nSPS) is 29.7. The third-order valence-electron chi connectivity index (χ3n) is 10.0. The monoisotopic (exact) mass is 685 g/mol. The highest BCUT2D eigenvalue weighted by Crippen LogP contribution is 2.47. The van der Waals surface area contributed by atoms with Crippen LogP contribution in [0.3, 0.4) is 0 Å². The highest BCUT2D eigenvalue weighted by atomic mass is 35.5. The molecule has 0 saturated heterocycles. The molecule has 254 valence electrons. The van der Waals surface area contributed by atoms with Crippen molar-refractivity contribution in [1.82, 2.24) is 9.62 Å². The Morgan fingerprint density at radius 3 is 2.68 bits per heavy atom. The molecule has 2 aliphatic heterocycles. The summed E-state index contributed by atoms with van der Waals surface area (Å²) >= 11 is 6.39. The van der Waals surface area contributed by atoms with E-state index in [4.69, 9.17) is 21.1 Å². The van der Waals surface area contributed by atoms with Gasteiger partial charge in [-0.3, -0.25) is 9.69 Å². The van der Waals surface area contributed by atoms with Crippen molar-refractivity contribution in [2.24, 2.45) is 11.8 Å². The second-order valence-electron chi connectivity index (χ2n) is 14.4. The average molecular weight is 686 g/mol. The Labute approximate surface area is 282 Å². The van der Waals surface area contributed by atoms with Crippen molar-refractivity contribution in [2.75, 3.05) is 31.1 Å². The number of amides is 2. The lowest BCUT2D eigenvalue weighted by atomic mass is 9.68. The van der Waals surface area contributed by atoms with Crippen molar-refractivity contribution in [3.8, 4) is 5.75 Å². The van der Waals surface area contributed by atoms with Crippen LogP contribution in [0.4, 0.5) is 10.5 Å². The molecule has 5 atom stereocenters. The predicted octanol–water partition coefficient (Wildman–Crippen LogP) is 5.20. The summed E-state index contributed by atoms with van der Waals surface area (Å²) in [6.45, 7) is 8.15. The summed E-state index contributed by atoms with van der Waals surface area (Å²) in [5, 5.41) is 12.0. The zero-order valence-corrected chi connectivity index (χ0v) is 28.9. The number of aryl methyl sites for hydroxylation is 1. The largest absolute Gasteiger partial charge is 0.490 e. The van der Waals surface area contributed by atoms with Gasteiger partial charge < -0.3 is 19.5 Å². The highest BCUT2D eigenvalue weighted by Gasteiger charge is 2.44. The minimum absolute atomic E-state index is 0.0252. The molecule has 0 radical (unpaired) electrons. The summed E-state index contributed by atoms with van der Waals surface area (Å²) in [6, 6.07) is 9.53. The first-order chi connectivity index (χ1) is 22.2. The molecule has 2 aromatic rings. The predicted molar refractivity (Wildman–Crippen MR) is 179 cm³/mol. The molecule has 12 heteroatoms. The van der Waals surface area contributed by atoms with Gasteiger partial charge >= 0.3 is 6.09 Å². The maximum absolute atomic E-state index is 13.7. The molecule has 10 nitrogen and oxygen atoms in total.